The molecule has 3 aromatic rings. The normalized spacial score (nSPS) is 10.6. The summed E-state index contributed by atoms with van der Waals surface area (Å²) >= 11 is 1.64. The zero-order valence-electron chi connectivity index (χ0n) is 14.0. The second kappa shape index (κ2) is 7.44. The van der Waals surface area contributed by atoms with Crippen LogP contribution in [0.4, 0.5) is 11.4 Å². The van der Waals surface area contributed by atoms with E-state index < -0.39 is 0 Å². The summed E-state index contributed by atoms with van der Waals surface area (Å²) in [4.78, 5) is 23.7. The Balaban J connectivity index is 1.84. The molecule has 6 heteroatoms. The van der Waals surface area contributed by atoms with E-state index in [-0.39, 0.29) is 11.8 Å². The maximum absolute atomic E-state index is 12.7. The van der Waals surface area contributed by atoms with E-state index >= 15 is 0 Å². The molecule has 0 spiro atoms. The summed E-state index contributed by atoms with van der Waals surface area (Å²) in [6, 6.07) is 14.6. The summed E-state index contributed by atoms with van der Waals surface area (Å²) in [5, 5.41) is 6.49. The van der Waals surface area contributed by atoms with Crippen molar-refractivity contribution in [3.05, 3.63) is 59.9 Å². The van der Waals surface area contributed by atoms with Gasteiger partial charge in [0, 0.05) is 35.0 Å². The number of benzene rings is 2. The van der Waals surface area contributed by atoms with E-state index in [1.165, 1.54) is 6.92 Å². The highest BCUT2D eigenvalue weighted by molar-refractivity contribution is 7.97. The zero-order valence-corrected chi connectivity index (χ0v) is 14.8. The Labute approximate surface area is 149 Å². The van der Waals surface area contributed by atoms with Gasteiger partial charge in [0.25, 0.3) is 5.91 Å². The minimum absolute atomic E-state index is 0.138. The van der Waals surface area contributed by atoms with Gasteiger partial charge < -0.3 is 15.1 Å². The molecule has 2 aromatic carbocycles. The Bertz CT molecular complexity index is 916. The van der Waals surface area contributed by atoms with Crippen LogP contribution in [0.2, 0.25) is 0 Å². The van der Waals surface area contributed by atoms with Gasteiger partial charge in [-0.25, -0.2) is 0 Å². The molecule has 0 bridgehead atoms. The third kappa shape index (κ3) is 3.85. The molecule has 2 amide bonds. The number of para-hydroxylation sites is 1. The molecule has 2 N–H and O–H groups in total. The van der Waals surface area contributed by atoms with E-state index in [9.17, 15) is 9.59 Å². The maximum Gasteiger partial charge on any atom is 0.291 e. The standard InChI is InChI=1S/C19H18N2O3S/c1-12(22)20-13-7-9-14(10-8-13)21-19(23)18-16(11-25-2)15-5-3-4-6-17(15)24-18/h3-10H,11H2,1-2H3,(H,20,22)(H,21,23). The zero-order chi connectivity index (χ0) is 17.8. The third-order valence-electron chi connectivity index (χ3n) is 3.66. The van der Waals surface area contributed by atoms with Crippen LogP contribution < -0.4 is 10.6 Å². The van der Waals surface area contributed by atoms with Crippen LogP contribution >= 0.6 is 11.8 Å². The number of hydrogen-bond acceptors (Lipinski definition) is 4. The van der Waals surface area contributed by atoms with Gasteiger partial charge in [0.15, 0.2) is 5.76 Å². The average Bonchev–Trinajstić information content (AvgIpc) is 2.96. The Hall–Kier alpha value is -2.73. The molecule has 0 aliphatic carbocycles. The minimum Gasteiger partial charge on any atom is -0.451 e. The van der Waals surface area contributed by atoms with Gasteiger partial charge >= 0.3 is 0 Å². The molecule has 0 saturated carbocycles. The van der Waals surface area contributed by atoms with Gasteiger partial charge in [-0.15, -0.1) is 0 Å². The largest absolute Gasteiger partial charge is 0.451 e. The fourth-order valence-electron chi connectivity index (χ4n) is 2.60. The van der Waals surface area contributed by atoms with Crippen LogP contribution in [0.5, 0.6) is 0 Å². The molecule has 0 atom stereocenters. The van der Waals surface area contributed by atoms with E-state index in [4.69, 9.17) is 4.42 Å². The van der Waals surface area contributed by atoms with E-state index in [0.717, 1.165) is 10.9 Å². The molecule has 128 valence electrons. The predicted octanol–water partition coefficient (Wildman–Crippen LogP) is 4.51. The smallest absolute Gasteiger partial charge is 0.291 e. The molecule has 25 heavy (non-hydrogen) atoms. The van der Waals surface area contributed by atoms with Crippen molar-refractivity contribution in [2.24, 2.45) is 0 Å². The van der Waals surface area contributed by atoms with E-state index in [1.54, 1.807) is 36.0 Å². The number of amides is 2. The summed E-state index contributed by atoms with van der Waals surface area (Å²) < 4.78 is 5.78. The lowest BCUT2D eigenvalue weighted by Crippen LogP contribution is -2.13. The van der Waals surface area contributed by atoms with Crippen molar-refractivity contribution in [3.63, 3.8) is 0 Å². The highest BCUT2D eigenvalue weighted by Gasteiger charge is 2.20. The van der Waals surface area contributed by atoms with Crippen LogP contribution in [0, 0.1) is 0 Å². The van der Waals surface area contributed by atoms with Crippen molar-refractivity contribution in [2.45, 2.75) is 12.7 Å². The van der Waals surface area contributed by atoms with Gasteiger partial charge in [-0.05, 0) is 36.6 Å². The predicted molar refractivity (Wildman–Crippen MR) is 102 cm³/mol. The molecule has 0 saturated heterocycles. The number of fused-ring (bicyclic) bond motifs is 1. The summed E-state index contributed by atoms with van der Waals surface area (Å²) in [5.41, 5.74) is 2.92. The van der Waals surface area contributed by atoms with Crippen molar-refractivity contribution in [2.75, 3.05) is 16.9 Å². The fraction of sp³-hybridized carbons (Fsp3) is 0.158. The highest BCUT2D eigenvalue weighted by atomic mass is 32.2. The van der Waals surface area contributed by atoms with Crippen LogP contribution in [-0.2, 0) is 10.5 Å². The molecule has 1 aromatic heterocycles. The van der Waals surface area contributed by atoms with Gasteiger partial charge in [0.1, 0.15) is 5.58 Å². The molecular weight excluding hydrogens is 336 g/mol. The summed E-state index contributed by atoms with van der Waals surface area (Å²) in [7, 11) is 0. The Morgan fingerprint density at radius 3 is 2.28 bits per heavy atom. The van der Waals surface area contributed by atoms with E-state index in [2.05, 4.69) is 10.6 Å². The molecule has 0 aliphatic rings. The molecule has 3 rings (SSSR count). The van der Waals surface area contributed by atoms with E-state index in [1.807, 2.05) is 30.5 Å². The first-order chi connectivity index (χ1) is 12.1. The number of hydrogen-bond donors (Lipinski definition) is 2. The SMILES string of the molecule is CSCc1c(C(=O)Nc2ccc(NC(C)=O)cc2)oc2ccccc12. The fourth-order valence-corrected chi connectivity index (χ4v) is 3.17. The monoisotopic (exact) mass is 354 g/mol. The van der Waals surface area contributed by atoms with Crippen LogP contribution in [0.1, 0.15) is 23.0 Å². The van der Waals surface area contributed by atoms with Gasteiger partial charge in [0.2, 0.25) is 5.91 Å². The lowest BCUT2D eigenvalue weighted by atomic mass is 10.1. The van der Waals surface area contributed by atoms with Crippen LogP contribution in [-0.4, -0.2) is 18.1 Å². The van der Waals surface area contributed by atoms with Gasteiger partial charge in [-0.1, -0.05) is 18.2 Å². The number of furan rings is 1. The number of thioether (sulfide) groups is 1. The quantitative estimate of drug-likeness (QED) is 0.707. The van der Waals surface area contributed by atoms with Crippen molar-refractivity contribution < 1.29 is 14.0 Å². The summed E-state index contributed by atoms with van der Waals surface area (Å²) in [6.45, 7) is 1.45. The first kappa shape index (κ1) is 17.1. The molecule has 1 heterocycles. The Kier molecular flexibility index (Phi) is 5.09. The topological polar surface area (TPSA) is 71.3 Å². The van der Waals surface area contributed by atoms with E-state index in [0.29, 0.717) is 28.5 Å². The van der Waals surface area contributed by atoms with Crippen LogP contribution in [0.15, 0.2) is 52.9 Å². The van der Waals surface area contributed by atoms with Crippen molar-refractivity contribution in [3.8, 4) is 0 Å². The first-order valence-corrected chi connectivity index (χ1v) is 9.16. The molecular formula is C19H18N2O3S. The summed E-state index contributed by atoms with van der Waals surface area (Å²) in [5.74, 6) is 0.608. The van der Waals surface area contributed by atoms with Crippen LogP contribution in [0.25, 0.3) is 11.0 Å². The molecule has 0 fully saturated rings. The lowest BCUT2D eigenvalue weighted by molar-refractivity contribution is -0.114. The first-order valence-electron chi connectivity index (χ1n) is 7.77. The van der Waals surface area contributed by atoms with Crippen molar-refractivity contribution >= 4 is 45.9 Å². The number of carbonyl (C=O) groups is 2. The minimum atomic E-state index is -0.285. The summed E-state index contributed by atoms with van der Waals surface area (Å²) in [6.07, 6.45) is 1.99. The van der Waals surface area contributed by atoms with Gasteiger partial charge in [-0.3, -0.25) is 9.59 Å². The number of carbonyl (C=O) groups excluding carboxylic acids is 2. The third-order valence-corrected chi connectivity index (χ3v) is 4.23. The average molecular weight is 354 g/mol. The van der Waals surface area contributed by atoms with Gasteiger partial charge in [0.05, 0.1) is 0 Å². The second-order valence-electron chi connectivity index (χ2n) is 5.55. The highest BCUT2D eigenvalue weighted by Crippen LogP contribution is 2.29. The number of rotatable bonds is 5. The Morgan fingerprint density at radius 2 is 1.64 bits per heavy atom. The Morgan fingerprint density at radius 1 is 1.00 bits per heavy atom. The number of nitrogens with one attached hydrogen (secondary N) is 2. The second-order valence-corrected chi connectivity index (χ2v) is 6.42. The van der Waals surface area contributed by atoms with Crippen molar-refractivity contribution in [1.82, 2.24) is 0 Å². The lowest BCUT2D eigenvalue weighted by Gasteiger charge is -2.07. The number of anilines is 2. The molecule has 0 radical (unpaired) electrons. The maximum atomic E-state index is 12.7. The molecule has 0 aliphatic heterocycles. The molecule has 0 unspecified atom stereocenters. The molecule has 5 nitrogen and oxygen atoms in total. The van der Waals surface area contributed by atoms with Gasteiger partial charge in [-0.2, -0.15) is 11.8 Å². The van der Waals surface area contributed by atoms with Crippen molar-refractivity contribution in [1.29, 1.82) is 0 Å². The van der Waals surface area contributed by atoms with Crippen LogP contribution in [0.3, 0.4) is 0 Å².